The normalized spacial score (nSPS) is 11.0. The van der Waals surface area contributed by atoms with Gasteiger partial charge in [-0.3, -0.25) is 4.79 Å². The number of ether oxygens (including phenoxy) is 4. The second kappa shape index (κ2) is 9.38. The summed E-state index contributed by atoms with van der Waals surface area (Å²) in [7, 11) is 0.163. The van der Waals surface area contributed by atoms with Crippen molar-refractivity contribution in [3.63, 3.8) is 0 Å². The molecule has 0 unspecified atom stereocenters. The summed E-state index contributed by atoms with van der Waals surface area (Å²) in [6.45, 7) is -0.798. The van der Waals surface area contributed by atoms with Crippen molar-refractivity contribution in [1.29, 1.82) is 0 Å². The summed E-state index contributed by atoms with van der Waals surface area (Å²) in [6.07, 6.45) is 0. The number of hydrogen-bond acceptors (Lipinski definition) is 7. The molecule has 28 heavy (non-hydrogen) atoms. The highest BCUT2D eigenvalue weighted by Crippen LogP contribution is 2.29. The molecule has 0 aliphatic heterocycles. The second-order valence-electron chi connectivity index (χ2n) is 5.47. The quantitative estimate of drug-likeness (QED) is 0.627. The molecule has 2 aromatic rings. The summed E-state index contributed by atoms with van der Waals surface area (Å²) in [4.78, 5) is 11.7. The highest BCUT2D eigenvalue weighted by atomic mass is 32.2. The van der Waals surface area contributed by atoms with E-state index < -0.39 is 28.4 Å². The summed E-state index contributed by atoms with van der Waals surface area (Å²) < 4.78 is 60.2. The number of methoxy groups -OCH3 is 3. The number of halogens is 1. The van der Waals surface area contributed by atoms with Gasteiger partial charge in [0.05, 0.1) is 26.2 Å². The Balaban J connectivity index is 1.95. The molecule has 0 aliphatic carbocycles. The molecule has 0 fully saturated rings. The van der Waals surface area contributed by atoms with Gasteiger partial charge in [0.2, 0.25) is 10.0 Å². The van der Waals surface area contributed by atoms with Gasteiger partial charge in [0.1, 0.15) is 13.2 Å². The van der Waals surface area contributed by atoms with Crippen molar-refractivity contribution in [1.82, 2.24) is 4.72 Å². The van der Waals surface area contributed by atoms with E-state index in [1.165, 1.54) is 57.7 Å². The Labute approximate surface area is 162 Å². The van der Waals surface area contributed by atoms with Crippen LogP contribution in [0.25, 0.3) is 0 Å². The van der Waals surface area contributed by atoms with Crippen LogP contribution in [-0.2, 0) is 26.2 Å². The van der Waals surface area contributed by atoms with Gasteiger partial charge in [-0.05, 0) is 29.8 Å². The lowest BCUT2D eigenvalue weighted by Crippen LogP contribution is -2.30. The minimum atomic E-state index is -3.97. The van der Waals surface area contributed by atoms with Gasteiger partial charge in [-0.1, -0.05) is 6.07 Å². The number of carbonyl (C=O) groups is 1. The van der Waals surface area contributed by atoms with Crippen LogP contribution in [0, 0.1) is 5.82 Å². The van der Waals surface area contributed by atoms with Gasteiger partial charge >= 0.3 is 5.97 Å². The van der Waals surface area contributed by atoms with Gasteiger partial charge in [-0.25, -0.2) is 12.8 Å². The summed E-state index contributed by atoms with van der Waals surface area (Å²) >= 11 is 0. The first kappa shape index (κ1) is 21.5. The number of benzene rings is 2. The van der Waals surface area contributed by atoms with Gasteiger partial charge in [-0.2, -0.15) is 4.72 Å². The maximum absolute atomic E-state index is 13.6. The Bertz CT molecular complexity index is 947. The van der Waals surface area contributed by atoms with Crippen molar-refractivity contribution in [2.75, 3.05) is 27.9 Å². The van der Waals surface area contributed by atoms with Gasteiger partial charge in [-0.15, -0.1) is 0 Å². The molecule has 0 saturated carbocycles. The molecule has 1 N–H and O–H groups in total. The van der Waals surface area contributed by atoms with E-state index in [0.29, 0.717) is 11.3 Å². The average Bonchev–Trinajstić information content (AvgIpc) is 2.70. The lowest BCUT2D eigenvalue weighted by atomic mass is 10.2. The molecule has 0 atom stereocenters. The maximum atomic E-state index is 13.6. The van der Waals surface area contributed by atoms with Gasteiger partial charge in [0.25, 0.3) is 0 Å². The van der Waals surface area contributed by atoms with Crippen LogP contribution in [-0.4, -0.2) is 42.3 Å². The fourth-order valence-electron chi connectivity index (χ4n) is 2.24. The minimum absolute atomic E-state index is 0.0674. The minimum Gasteiger partial charge on any atom is -0.494 e. The third-order valence-electron chi connectivity index (χ3n) is 3.69. The Morgan fingerprint density at radius 3 is 2.21 bits per heavy atom. The zero-order valence-corrected chi connectivity index (χ0v) is 16.3. The van der Waals surface area contributed by atoms with Crippen LogP contribution in [0.4, 0.5) is 4.39 Å². The van der Waals surface area contributed by atoms with E-state index in [4.69, 9.17) is 18.9 Å². The predicted octanol–water partition coefficient (Wildman–Crippen LogP) is 1.87. The molecule has 8 nitrogen and oxygen atoms in total. The van der Waals surface area contributed by atoms with E-state index in [1.54, 1.807) is 0 Å². The topological polar surface area (TPSA) is 100 Å². The lowest BCUT2D eigenvalue weighted by Gasteiger charge is -2.11. The third-order valence-corrected chi connectivity index (χ3v) is 5.09. The molecular weight excluding hydrogens is 393 g/mol. The number of sulfonamides is 1. The summed E-state index contributed by atoms with van der Waals surface area (Å²) in [5, 5.41) is 0. The van der Waals surface area contributed by atoms with Gasteiger partial charge in [0.15, 0.2) is 23.1 Å². The van der Waals surface area contributed by atoms with E-state index in [-0.39, 0.29) is 23.0 Å². The molecule has 0 saturated heterocycles. The van der Waals surface area contributed by atoms with E-state index in [9.17, 15) is 17.6 Å². The van der Waals surface area contributed by atoms with Crippen molar-refractivity contribution in [2.45, 2.75) is 11.5 Å². The Hall–Kier alpha value is -2.85. The molecule has 152 valence electrons. The van der Waals surface area contributed by atoms with Gasteiger partial charge < -0.3 is 18.9 Å². The molecule has 0 radical (unpaired) electrons. The number of carbonyl (C=O) groups excluding carboxylic acids is 1. The molecule has 2 rings (SSSR count). The number of esters is 1. The van der Waals surface area contributed by atoms with Crippen molar-refractivity contribution < 1.29 is 36.6 Å². The summed E-state index contributed by atoms with van der Waals surface area (Å²) in [5.74, 6) is -0.745. The highest BCUT2D eigenvalue weighted by Gasteiger charge is 2.18. The van der Waals surface area contributed by atoms with E-state index >= 15 is 0 Å². The molecular formula is C18H20FNO7S. The standard InChI is InChI=1S/C18H20FNO7S/c1-24-15-6-4-12(8-14(15)19)11-27-18(21)10-20-28(22,23)13-5-7-16(25-2)17(9-13)26-3/h4-9,20H,10-11H2,1-3H3. The molecule has 0 heterocycles. The zero-order chi connectivity index (χ0) is 20.7. The van der Waals surface area contributed by atoms with Gasteiger partial charge in [0, 0.05) is 6.07 Å². The first-order valence-corrected chi connectivity index (χ1v) is 9.48. The SMILES string of the molecule is COc1ccc(COC(=O)CNS(=O)(=O)c2ccc(OC)c(OC)c2)cc1F. The third kappa shape index (κ3) is 5.33. The number of nitrogens with one attached hydrogen (secondary N) is 1. The molecule has 0 spiro atoms. The molecule has 0 amide bonds. The Morgan fingerprint density at radius 1 is 0.964 bits per heavy atom. The summed E-state index contributed by atoms with van der Waals surface area (Å²) in [5.41, 5.74) is 0.398. The maximum Gasteiger partial charge on any atom is 0.321 e. The van der Waals surface area contributed by atoms with E-state index in [0.717, 1.165) is 0 Å². The Kier molecular flexibility index (Phi) is 7.18. The molecule has 2 aromatic carbocycles. The van der Waals surface area contributed by atoms with Crippen molar-refractivity contribution in [3.8, 4) is 17.2 Å². The molecule has 0 bridgehead atoms. The van der Waals surface area contributed by atoms with Crippen LogP contribution < -0.4 is 18.9 Å². The smallest absolute Gasteiger partial charge is 0.321 e. The highest BCUT2D eigenvalue weighted by molar-refractivity contribution is 7.89. The molecule has 0 aliphatic rings. The van der Waals surface area contributed by atoms with Crippen molar-refractivity contribution in [3.05, 3.63) is 47.8 Å². The predicted molar refractivity (Wildman–Crippen MR) is 97.5 cm³/mol. The van der Waals surface area contributed by atoms with Crippen LogP contribution >= 0.6 is 0 Å². The Morgan fingerprint density at radius 2 is 1.61 bits per heavy atom. The van der Waals surface area contributed by atoms with E-state index in [2.05, 4.69) is 4.72 Å². The van der Waals surface area contributed by atoms with Crippen LogP contribution in [0.15, 0.2) is 41.3 Å². The lowest BCUT2D eigenvalue weighted by molar-refractivity contribution is -0.143. The molecule has 0 aromatic heterocycles. The average molecular weight is 413 g/mol. The first-order chi connectivity index (χ1) is 13.3. The first-order valence-electron chi connectivity index (χ1n) is 8.00. The number of rotatable bonds is 9. The fourth-order valence-corrected chi connectivity index (χ4v) is 3.22. The largest absolute Gasteiger partial charge is 0.494 e. The fraction of sp³-hybridized carbons (Fsp3) is 0.278. The van der Waals surface area contributed by atoms with Crippen LogP contribution in [0.3, 0.4) is 0 Å². The summed E-state index contributed by atoms with van der Waals surface area (Å²) in [6, 6.07) is 8.12. The van der Waals surface area contributed by atoms with Crippen LogP contribution in [0.1, 0.15) is 5.56 Å². The van der Waals surface area contributed by atoms with Crippen LogP contribution in [0.5, 0.6) is 17.2 Å². The number of hydrogen-bond donors (Lipinski definition) is 1. The monoisotopic (exact) mass is 413 g/mol. The van der Waals surface area contributed by atoms with Crippen molar-refractivity contribution in [2.24, 2.45) is 0 Å². The van der Waals surface area contributed by atoms with Crippen LogP contribution in [0.2, 0.25) is 0 Å². The molecule has 10 heteroatoms. The zero-order valence-electron chi connectivity index (χ0n) is 15.5. The van der Waals surface area contributed by atoms with Crippen molar-refractivity contribution >= 4 is 16.0 Å². The van der Waals surface area contributed by atoms with E-state index in [1.807, 2.05) is 0 Å². The second-order valence-corrected chi connectivity index (χ2v) is 7.24.